The van der Waals surface area contributed by atoms with Crippen molar-refractivity contribution in [1.82, 2.24) is 9.97 Å². The maximum absolute atomic E-state index is 13.8. The Balaban J connectivity index is 1.93. The third kappa shape index (κ3) is 4.74. The highest BCUT2D eigenvalue weighted by Crippen LogP contribution is 2.62. The van der Waals surface area contributed by atoms with E-state index < -0.39 is 29.7 Å². The minimum absolute atomic E-state index is 0.0366. The van der Waals surface area contributed by atoms with Crippen LogP contribution in [0.15, 0.2) is 59.1 Å². The zero-order valence-electron chi connectivity index (χ0n) is 18.4. The Morgan fingerprint density at radius 1 is 1.17 bits per heavy atom. The topological polar surface area (TPSA) is 131 Å². The molecule has 1 aliphatic heterocycles. The number of hydrogen-bond acceptors (Lipinski definition) is 8. The number of anilines is 3. The largest absolute Gasteiger partial charge is 0.368 e. The van der Waals surface area contributed by atoms with Crippen LogP contribution in [0.25, 0.3) is 6.08 Å². The van der Waals surface area contributed by atoms with Gasteiger partial charge < -0.3 is 11.1 Å². The molecule has 3 aromatic rings. The summed E-state index contributed by atoms with van der Waals surface area (Å²) in [6.45, 7) is 1.55. The average Bonchev–Trinajstić information content (AvgIpc) is 2.78. The SMILES string of the molecule is Cc1nc(N)nc(N[C@@H](CC(F)F)C2=Cc3cccc(Cl)c3S(O)(O)N2c2ccccc2)c1C#N. The highest BCUT2D eigenvalue weighted by molar-refractivity contribution is 8.25. The number of aromatic nitrogens is 2. The molecule has 0 spiro atoms. The summed E-state index contributed by atoms with van der Waals surface area (Å²) in [7, 11) is -3.80. The number of nitrogen functional groups attached to an aromatic ring is 1. The molecule has 0 bridgehead atoms. The number of nitriles is 1. The summed E-state index contributed by atoms with van der Waals surface area (Å²) in [5, 5.41) is 12.6. The van der Waals surface area contributed by atoms with Crippen LogP contribution in [0.1, 0.15) is 23.2 Å². The lowest BCUT2D eigenvalue weighted by atomic mass is 10.0. The van der Waals surface area contributed by atoms with E-state index in [9.17, 15) is 23.1 Å². The number of rotatable bonds is 6. The molecule has 0 aliphatic carbocycles. The Morgan fingerprint density at radius 2 is 1.89 bits per heavy atom. The van der Waals surface area contributed by atoms with Crippen LogP contribution in [0.5, 0.6) is 0 Å². The molecule has 4 rings (SSSR count). The van der Waals surface area contributed by atoms with E-state index in [1.54, 1.807) is 55.5 Å². The first-order chi connectivity index (χ1) is 16.6. The van der Waals surface area contributed by atoms with Crippen LogP contribution in [0, 0.1) is 18.3 Å². The molecular formula is C23H21ClF2N6O2S. The Kier molecular flexibility index (Phi) is 6.82. The Labute approximate surface area is 207 Å². The average molecular weight is 519 g/mol. The fourth-order valence-electron chi connectivity index (χ4n) is 3.92. The molecule has 1 aliphatic rings. The van der Waals surface area contributed by atoms with Crippen molar-refractivity contribution in [3.05, 3.63) is 76.1 Å². The molecule has 0 amide bonds. The van der Waals surface area contributed by atoms with Gasteiger partial charge in [0.1, 0.15) is 22.3 Å². The zero-order valence-corrected chi connectivity index (χ0v) is 19.9. The van der Waals surface area contributed by atoms with E-state index in [0.29, 0.717) is 11.3 Å². The highest BCUT2D eigenvalue weighted by Gasteiger charge is 2.40. The lowest BCUT2D eigenvalue weighted by molar-refractivity contribution is 0.134. The fourth-order valence-corrected chi connectivity index (χ4v) is 6.25. The summed E-state index contributed by atoms with van der Waals surface area (Å²) < 4.78 is 51.7. The van der Waals surface area contributed by atoms with E-state index in [0.717, 1.165) is 0 Å². The van der Waals surface area contributed by atoms with Crippen molar-refractivity contribution < 1.29 is 17.9 Å². The van der Waals surface area contributed by atoms with Crippen LogP contribution in [0.3, 0.4) is 0 Å². The Bertz CT molecular complexity index is 1330. The first-order valence-electron chi connectivity index (χ1n) is 10.4. The van der Waals surface area contributed by atoms with Gasteiger partial charge in [-0.25, -0.2) is 18.1 Å². The predicted molar refractivity (Wildman–Crippen MR) is 133 cm³/mol. The molecule has 0 saturated heterocycles. The number of alkyl halides is 2. The minimum atomic E-state index is -3.80. The van der Waals surface area contributed by atoms with Gasteiger partial charge in [-0.2, -0.15) is 10.2 Å². The van der Waals surface area contributed by atoms with Crippen molar-refractivity contribution in [3.8, 4) is 6.07 Å². The van der Waals surface area contributed by atoms with Gasteiger partial charge in [0.05, 0.1) is 28.1 Å². The molecule has 1 atom stereocenters. The summed E-state index contributed by atoms with van der Waals surface area (Å²) in [5.74, 6) is -0.177. The summed E-state index contributed by atoms with van der Waals surface area (Å²) >= 11 is 6.34. The maximum atomic E-state index is 13.8. The summed E-state index contributed by atoms with van der Waals surface area (Å²) in [6, 6.07) is 13.9. The number of para-hydroxylation sites is 1. The summed E-state index contributed by atoms with van der Waals surface area (Å²) in [4.78, 5) is 8.08. The molecule has 8 nitrogen and oxygen atoms in total. The van der Waals surface area contributed by atoms with Crippen LogP contribution in [-0.4, -0.2) is 31.5 Å². The van der Waals surface area contributed by atoms with Crippen molar-refractivity contribution in [2.45, 2.75) is 30.7 Å². The number of benzene rings is 2. The molecule has 2 heterocycles. The van der Waals surface area contributed by atoms with Crippen LogP contribution < -0.4 is 15.4 Å². The molecular weight excluding hydrogens is 498 g/mol. The molecule has 0 unspecified atom stereocenters. The quantitative estimate of drug-likeness (QED) is 0.316. The minimum Gasteiger partial charge on any atom is -0.368 e. The van der Waals surface area contributed by atoms with E-state index in [2.05, 4.69) is 15.3 Å². The van der Waals surface area contributed by atoms with Crippen molar-refractivity contribution in [3.63, 3.8) is 0 Å². The van der Waals surface area contributed by atoms with Crippen LogP contribution in [-0.2, 0) is 0 Å². The van der Waals surface area contributed by atoms with Gasteiger partial charge in [0.2, 0.25) is 12.4 Å². The molecule has 182 valence electrons. The lowest BCUT2D eigenvalue weighted by Crippen LogP contribution is -2.39. The van der Waals surface area contributed by atoms with Gasteiger partial charge in [0, 0.05) is 12.0 Å². The number of fused-ring (bicyclic) bond motifs is 1. The number of nitrogens with two attached hydrogens (primary N) is 1. The van der Waals surface area contributed by atoms with E-state index in [4.69, 9.17) is 17.3 Å². The number of aryl methyl sites for hydroxylation is 1. The lowest BCUT2D eigenvalue weighted by Gasteiger charge is -2.50. The molecule has 1 aromatic heterocycles. The second-order valence-electron chi connectivity index (χ2n) is 7.70. The van der Waals surface area contributed by atoms with E-state index in [1.165, 1.54) is 10.4 Å². The van der Waals surface area contributed by atoms with Crippen molar-refractivity contribution in [2.75, 3.05) is 15.4 Å². The monoisotopic (exact) mass is 518 g/mol. The fraction of sp³-hybridized carbons (Fsp3) is 0.174. The maximum Gasteiger partial charge on any atom is 0.241 e. The molecule has 0 saturated carbocycles. The summed E-state index contributed by atoms with van der Waals surface area (Å²) in [6.07, 6.45) is -1.94. The molecule has 35 heavy (non-hydrogen) atoms. The van der Waals surface area contributed by atoms with E-state index in [-0.39, 0.29) is 38.6 Å². The molecule has 12 heteroatoms. The number of nitrogens with zero attached hydrogens (tertiary/aromatic N) is 4. The second-order valence-corrected chi connectivity index (χ2v) is 9.92. The van der Waals surface area contributed by atoms with Crippen LogP contribution >= 0.6 is 22.4 Å². The smallest absolute Gasteiger partial charge is 0.241 e. The van der Waals surface area contributed by atoms with Gasteiger partial charge in [0.25, 0.3) is 0 Å². The Hall–Kier alpha value is -3.43. The Morgan fingerprint density at radius 3 is 2.54 bits per heavy atom. The van der Waals surface area contributed by atoms with Crippen molar-refractivity contribution in [1.29, 1.82) is 5.26 Å². The first-order valence-corrected chi connectivity index (χ1v) is 12.2. The highest BCUT2D eigenvalue weighted by atomic mass is 35.5. The van der Waals surface area contributed by atoms with Crippen molar-refractivity contribution in [2.24, 2.45) is 0 Å². The van der Waals surface area contributed by atoms with E-state index in [1.807, 2.05) is 6.07 Å². The van der Waals surface area contributed by atoms with Gasteiger partial charge in [-0.1, -0.05) is 52.7 Å². The van der Waals surface area contributed by atoms with Gasteiger partial charge in [-0.15, -0.1) is 0 Å². The van der Waals surface area contributed by atoms with Gasteiger partial charge in [0.15, 0.2) is 0 Å². The standard InChI is InChI=1S/C23H21ClF2N6O2S/c1-13-16(12-27)22(31-23(28)29-13)30-18(11-20(25)26)19-10-14-6-5-9-17(24)21(14)35(33,34)32(19)15-7-3-2-4-8-15/h2-10,18,20,33-34H,11H2,1H3,(H3,28,29,30,31)/t18-/m0/s1. The van der Waals surface area contributed by atoms with Gasteiger partial charge >= 0.3 is 0 Å². The molecule has 0 radical (unpaired) electrons. The first kappa shape index (κ1) is 24.7. The van der Waals surface area contributed by atoms with Crippen LogP contribution in [0.2, 0.25) is 5.02 Å². The van der Waals surface area contributed by atoms with Gasteiger partial charge in [-0.3, -0.25) is 9.11 Å². The third-order valence-electron chi connectivity index (χ3n) is 5.36. The molecule has 2 aromatic carbocycles. The number of halogens is 3. The number of hydrogen-bond donors (Lipinski definition) is 4. The molecule has 0 fully saturated rings. The normalized spacial score (nSPS) is 16.2. The second kappa shape index (κ2) is 9.67. The van der Waals surface area contributed by atoms with Crippen LogP contribution in [0.4, 0.5) is 26.2 Å². The zero-order chi connectivity index (χ0) is 25.3. The number of nitrogens with one attached hydrogen (secondary N) is 1. The predicted octanol–water partition coefficient (Wildman–Crippen LogP) is 5.91. The molecule has 5 N–H and O–H groups in total. The van der Waals surface area contributed by atoms with Crippen molar-refractivity contribution >= 4 is 45.9 Å². The summed E-state index contributed by atoms with van der Waals surface area (Å²) in [5.41, 5.74) is 6.91. The third-order valence-corrected chi connectivity index (χ3v) is 7.72. The van der Waals surface area contributed by atoms with Gasteiger partial charge in [-0.05, 0) is 31.2 Å². The van der Waals surface area contributed by atoms with E-state index >= 15 is 0 Å².